The predicted octanol–water partition coefficient (Wildman–Crippen LogP) is 1.83. The van der Waals surface area contributed by atoms with E-state index < -0.39 is 10.0 Å². The molecule has 1 saturated carbocycles. The topological polar surface area (TPSA) is 69.7 Å². The number of hydrogen-bond acceptors (Lipinski definition) is 4. The van der Waals surface area contributed by atoms with Crippen molar-refractivity contribution < 1.29 is 13.2 Å². The fourth-order valence-corrected chi connectivity index (χ4v) is 5.34. The monoisotopic (exact) mass is 393 g/mol. The molecule has 27 heavy (non-hydrogen) atoms. The van der Waals surface area contributed by atoms with Gasteiger partial charge in [-0.25, -0.2) is 8.42 Å². The number of carbonyl (C=O) groups is 1. The maximum atomic E-state index is 12.5. The molecular weight excluding hydrogens is 362 g/mol. The smallest absolute Gasteiger partial charge is 0.220 e. The lowest BCUT2D eigenvalue weighted by molar-refractivity contribution is -0.121. The first kappa shape index (κ1) is 20.3. The van der Waals surface area contributed by atoms with Crippen molar-refractivity contribution in [2.75, 3.05) is 38.5 Å². The van der Waals surface area contributed by atoms with Gasteiger partial charge in [0.2, 0.25) is 15.9 Å². The summed E-state index contributed by atoms with van der Waals surface area (Å²) in [5.41, 5.74) is 1.25. The van der Waals surface area contributed by atoms with Crippen LogP contribution in [0.3, 0.4) is 0 Å². The van der Waals surface area contributed by atoms with Crippen LogP contribution in [0.5, 0.6) is 0 Å². The molecule has 2 fully saturated rings. The summed E-state index contributed by atoms with van der Waals surface area (Å²) in [6.07, 6.45) is 5.21. The van der Waals surface area contributed by atoms with Gasteiger partial charge in [0, 0.05) is 45.7 Å². The third kappa shape index (κ3) is 6.30. The molecule has 7 heteroatoms. The molecule has 1 heterocycles. The number of nitrogens with one attached hydrogen (secondary N) is 1. The van der Waals surface area contributed by atoms with Gasteiger partial charge in [-0.15, -0.1) is 0 Å². The number of piperazine rings is 1. The summed E-state index contributed by atoms with van der Waals surface area (Å²) in [7, 11) is -3.31. The highest BCUT2D eigenvalue weighted by Crippen LogP contribution is 2.27. The van der Waals surface area contributed by atoms with E-state index in [9.17, 15) is 13.2 Å². The van der Waals surface area contributed by atoms with Gasteiger partial charge < -0.3 is 5.32 Å². The highest BCUT2D eigenvalue weighted by Gasteiger charge is 2.27. The normalized spacial score (nSPS) is 20.0. The van der Waals surface area contributed by atoms with Crippen LogP contribution < -0.4 is 5.32 Å². The molecule has 3 rings (SSSR count). The maximum Gasteiger partial charge on any atom is 0.220 e. The summed E-state index contributed by atoms with van der Waals surface area (Å²) < 4.78 is 26.6. The fourth-order valence-electron chi connectivity index (χ4n) is 4.00. The van der Waals surface area contributed by atoms with Crippen LogP contribution in [0.15, 0.2) is 30.3 Å². The Morgan fingerprint density at radius 3 is 2.37 bits per heavy atom. The van der Waals surface area contributed by atoms with Gasteiger partial charge in [-0.1, -0.05) is 43.2 Å². The van der Waals surface area contributed by atoms with Crippen molar-refractivity contribution >= 4 is 15.9 Å². The van der Waals surface area contributed by atoms with Crippen LogP contribution in [0.25, 0.3) is 0 Å². The van der Waals surface area contributed by atoms with E-state index >= 15 is 0 Å². The molecule has 1 aromatic carbocycles. The minimum absolute atomic E-state index is 0.00946. The second kappa shape index (κ2) is 9.66. The largest absolute Gasteiger partial charge is 0.355 e. The van der Waals surface area contributed by atoms with Crippen molar-refractivity contribution in [2.24, 2.45) is 5.92 Å². The van der Waals surface area contributed by atoms with Gasteiger partial charge in [0.1, 0.15) is 0 Å². The van der Waals surface area contributed by atoms with Crippen molar-refractivity contribution in [1.82, 2.24) is 14.5 Å². The molecule has 1 aromatic rings. The van der Waals surface area contributed by atoms with Crippen LogP contribution in [0.2, 0.25) is 0 Å². The third-order valence-corrected chi connectivity index (χ3v) is 7.48. The van der Waals surface area contributed by atoms with Gasteiger partial charge in [0.15, 0.2) is 0 Å². The van der Waals surface area contributed by atoms with Crippen molar-refractivity contribution in [3.63, 3.8) is 0 Å². The van der Waals surface area contributed by atoms with Crippen molar-refractivity contribution in [3.05, 3.63) is 35.9 Å². The number of amides is 1. The third-order valence-electron chi connectivity index (χ3n) is 5.60. The van der Waals surface area contributed by atoms with E-state index in [-0.39, 0.29) is 18.2 Å². The van der Waals surface area contributed by atoms with E-state index in [4.69, 9.17) is 0 Å². The second-order valence-corrected chi connectivity index (χ2v) is 9.77. The molecular formula is C20H31N3O3S. The minimum atomic E-state index is -3.31. The van der Waals surface area contributed by atoms with E-state index in [0.717, 1.165) is 32.5 Å². The summed E-state index contributed by atoms with van der Waals surface area (Å²) in [6, 6.07) is 10.2. The lowest BCUT2D eigenvalue weighted by Crippen LogP contribution is -2.49. The number of hydrogen-bond donors (Lipinski definition) is 1. The number of nitrogens with zero attached hydrogens (tertiary/aromatic N) is 2. The molecule has 1 saturated heterocycles. The summed E-state index contributed by atoms with van der Waals surface area (Å²) >= 11 is 0. The van der Waals surface area contributed by atoms with Crippen molar-refractivity contribution in [3.8, 4) is 0 Å². The Hall–Kier alpha value is -1.44. The summed E-state index contributed by atoms with van der Waals surface area (Å²) in [5.74, 6) is 0.464. The van der Waals surface area contributed by atoms with E-state index in [1.54, 1.807) is 4.31 Å². The van der Waals surface area contributed by atoms with Crippen LogP contribution in [-0.2, 0) is 21.4 Å². The quantitative estimate of drug-likeness (QED) is 0.732. The van der Waals surface area contributed by atoms with E-state index in [2.05, 4.69) is 22.3 Å². The molecule has 0 spiro atoms. The average Bonchev–Trinajstić information content (AvgIpc) is 3.16. The zero-order valence-electron chi connectivity index (χ0n) is 16.0. The highest BCUT2D eigenvalue weighted by molar-refractivity contribution is 7.89. The minimum Gasteiger partial charge on any atom is -0.355 e. The predicted molar refractivity (Wildman–Crippen MR) is 107 cm³/mol. The van der Waals surface area contributed by atoms with Gasteiger partial charge in [-0.05, 0) is 24.3 Å². The Balaban J connectivity index is 1.37. The number of carbonyl (C=O) groups excluding carboxylic acids is 1. The standard InChI is InChI=1S/C20H31N3O3S/c24-20(16-18-6-4-5-7-18)21-10-15-27(25,26)23-13-11-22(12-14-23)17-19-8-2-1-3-9-19/h1-3,8-9,18H,4-7,10-17H2,(H,21,24). The molecule has 1 aliphatic heterocycles. The van der Waals surface area contributed by atoms with Crippen LogP contribution >= 0.6 is 0 Å². The Bertz CT molecular complexity index is 694. The first-order valence-corrected chi connectivity index (χ1v) is 11.6. The summed E-state index contributed by atoms with van der Waals surface area (Å²) in [5, 5.41) is 2.79. The summed E-state index contributed by atoms with van der Waals surface area (Å²) in [6.45, 7) is 3.57. The molecule has 6 nitrogen and oxygen atoms in total. The number of rotatable bonds is 8. The van der Waals surface area contributed by atoms with Gasteiger partial charge in [0.05, 0.1) is 5.75 Å². The molecule has 1 N–H and O–H groups in total. The molecule has 2 aliphatic rings. The molecule has 0 aromatic heterocycles. The van der Waals surface area contributed by atoms with Gasteiger partial charge in [-0.2, -0.15) is 4.31 Å². The lowest BCUT2D eigenvalue weighted by atomic mass is 10.0. The molecule has 0 bridgehead atoms. The zero-order chi connectivity index (χ0) is 19.1. The van der Waals surface area contributed by atoms with Gasteiger partial charge >= 0.3 is 0 Å². The summed E-state index contributed by atoms with van der Waals surface area (Å²) in [4.78, 5) is 14.2. The molecule has 1 amide bonds. The number of benzene rings is 1. The van der Waals surface area contributed by atoms with E-state index in [0.29, 0.717) is 25.4 Å². The first-order valence-electron chi connectivity index (χ1n) is 10.0. The molecule has 0 unspecified atom stereocenters. The Labute approximate surface area is 163 Å². The fraction of sp³-hybridized carbons (Fsp3) is 0.650. The van der Waals surface area contributed by atoms with Gasteiger partial charge in [0.25, 0.3) is 0 Å². The highest BCUT2D eigenvalue weighted by atomic mass is 32.2. The Morgan fingerprint density at radius 2 is 1.70 bits per heavy atom. The zero-order valence-corrected chi connectivity index (χ0v) is 16.8. The second-order valence-electron chi connectivity index (χ2n) is 7.68. The van der Waals surface area contributed by atoms with E-state index in [1.807, 2.05) is 18.2 Å². The Kier molecular flexibility index (Phi) is 7.26. The van der Waals surface area contributed by atoms with Crippen molar-refractivity contribution in [1.29, 1.82) is 0 Å². The Morgan fingerprint density at radius 1 is 1.04 bits per heavy atom. The molecule has 150 valence electrons. The molecule has 0 atom stereocenters. The van der Waals surface area contributed by atoms with E-state index in [1.165, 1.54) is 18.4 Å². The lowest BCUT2D eigenvalue weighted by Gasteiger charge is -2.34. The first-order chi connectivity index (χ1) is 13.0. The average molecular weight is 394 g/mol. The maximum absolute atomic E-state index is 12.5. The van der Waals surface area contributed by atoms with Crippen molar-refractivity contribution in [2.45, 2.75) is 38.6 Å². The van der Waals surface area contributed by atoms with Crippen LogP contribution in [0.1, 0.15) is 37.7 Å². The molecule has 0 radical (unpaired) electrons. The van der Waals surface area contributed by atoms with Crippen LogP contribution in [0.4, 0.5) is 0 Å². The molecule has 1 aliphatic carbocycles. The van der Waals surface area contributed by atoms with Crippen LogP contribution in [0, 0.1) is 5.92 Å². The van der Waals surface area contributed by atoms with Crippen LogP contribution in [-0.4, -0.2) is 62.0 Å². The SMILES string of the molecule is O=C(CC1CCCC1)NCCS(=O)(=O)N1CCN(Cc2ccccc2)CC1. The van der Waals surface area contributed by atoms with Gasteiger partial charge in [-0.3, -0.25) is 9.69 Å². The number of sulfonamides is 1.